The Morgan fingerprint density at radius 1 is 1.14 bits per heavy atom. The van der Waals surface area contributed by atoms with E-state index >= 15 is 0 Å². The number of nitrogens with zero attached hydrogens (tertiary/aromatic N) is 4. The van der Waals surface area contributed by atoms with Crippen molar-refractivity contribution in [2.24, 2.45) is 0 Å². The maximum atomic E-state index is 11.9. The first-order chi connectivity index (χ1) is 13.5. The van der Waals surface area contributed by atoms with Gasteiger partial charge in [-0.3, -0.25) is 4.57 Å². The molecule has 10 nitrogen and oxygen atoms in total. The standard InChI is InChI=1S/C18H21N5O5/c1-5-28-17-21-14(19)13-15(22-17)23(18(20-13)27-4)9-10-6-7-11(16(24)26-3)12(8-10)25-2/h6-8H,5,9H2,1-4H3,(H2,19,21,22). The van der Waals surface area contributed by atoms with Crippen LogP contribution >= 0.6 is 0 Å². The fourth-order valence-corrected chi connectivity index (χ4v) is 2.77. The van der Waals surface area contributed by atoms with Crippen LogP contribution in [0.2, 0.25) is 0 Å². The molecule has 0 aliphatic carbocycles. The summed E-state index contributed by atoms with van der Waals surface area (Å²) in [5, 5.41) is 0. The van der Waals surface area contributed by atoms with Gasteiger partial charge in [0, 0.05) is 0 Å². The van der Waals surface area contributed by atoms with Crippen molar-refractivity contribution in [2.75, 3.05) is 33.7 Å². The number of hydrogen-bond acceptors (Lipinski definition) is 9. The summed E-state index contributed by atoms with van der Waals surface area (Å²) in [5.41, 5.74) is 8.05. The third-order valence-corrected chi connectivity index (χ3v) is 4.03. The Morgan fingerprint density at radius 3 is 2.57 bits per heavy atom. The monoisotopic (exact) mass is 387 g/mol. The molecular formula is C18H21N5O5. The second-order valence-corrected chi connectivity index (χ2v) is 5.71. The predicted molar refractivity (Wildman–Crippen MR) is 101 cm³/mol. The number of carbonyl (C=O) groups is 1. The molecule has 2 N–H and O–H groups in total. The highest BCUT2D eigenvalue weighted by atomic mass is 16.5. The lowest BCUT2D eigenvalue weighted by Gasteiger charge is -2.11. The molecule has 0 unspecified atom stereocenters. The summed E-state index contributed by atoms with van der Waals surface area (Å²) in [4.78, 5) is 24.7. The fourth-order valence-electron chi connectivity index (χ4n) is 2.77. The van der Waals surface area contributed by atoms with E-state index in [2.05, 4.69) is 15.0 Å². The molecule has 0 fully saturated rings. The van der Waals surface area contributed by atoms with Gasteiger partial charge in [-0.25, -0.2) is 4.79 Å². The topological polar surface area (TPSA) is 124 Å². The van der Waals surface area contributed by atoms with Crippen molar-refractivity contribution in [3.8, 4) is 17.8 Å². The Hall–Kier alpha value is -3.56. The molecule has 3 aromatic rings. The lowest BCUT2D eigenvalue weighted by Crippen LogP contribution is -2.08. The average Bonchev–Trinajstić information content (AvgIpc) is 3.05. The zero-order valence-corrected chi connectivity index (χ0v) is 16.1. The van der Waals surface area contributed by atoms with Gasteiger partial charge in [0.1, 0.15) is 11.3 Å². The summed E-state index contributed by atoms with van der Waals surface area (Å²) < 4.78 is 22.6. The predicted octanol–water partition coefficient (Wildman–Crippen LogP) is 1.66. The molecule has 0 aliphatic rings. The van der Waals surface area contributed by atoms with Crippen molar-refractivity contribution < 1.29 is 23.7 Å². The minimum Gasteiger partial charge on any atom is -0.496 e. The Morgan fingerprint density at radius 2 is 1.93 bits per heavy atom. The van der Waals surface area contributed by atoms with Crippen LogP contribution in [0.3, 0.4) is 0 Å². The summed E-state index contributed by atoms with van der Waals surface area (Å²) in [6.07, 6.45) is 0. The molecular weight excluding hydrogens is 366 g/mol. The molecule has 2 heterocycles. The molecule has 0 bridgehead atoms. The molecule has 0 amide bonds. The minimum absolute atomic E-state index is 0.162. The normalized spacial score (nSPS) is 10.7. The van der Waals surface area contributed by atoms with Crippen molar-refractivity contribution >= 4 is 23.0 Å². The Bertz CT molecular complexity index is 1020. The summed E-state index contributed by atoms with van der Waals surface area (Å²) in [5.74, 6) is 0.122. The SMILES string of the molecule is CCOc1nc(N)c2nc(OC)n(Cc3ccc(C(=O)OC)c(OC)c3)c2n1. The first-order valence-corrected chi connectivity index (χ1v) is 8.48. The number of nitrogen functional groups attached to an aromatic ring is 1. The van der Waals surface area contributed by atoms with Crippen molar-refractivity contribution in [1.82, 2.24) is 19.5 Å². The number of hydrogen-bond donors (Lipinski definition) is 1. The van der Waals surface area contributed by atoms with Crippen LogP contribution in [0.25, 0.3) is 11.2 Å². The third kappa shape index (κ3) is 3.48. The summed E-state index contributed by atoms with van der Waals surface area (Å²) >= 11 is 0. The molecule has 0 saturated heterocycles. The molecule has 0 radical (unpaired) electrons. The van der Waals surface area contributed by atoms with Gasteiger partial charge in [-0.2, -0.15) is 15.0 Å². The van der Waals surface area contributed by atoms with E-state index in [0.29, 0.717) is 41.6 Å². The second-order valence-electron chi connectivity index (χ2n) is 5.71. The van der Waals surface area contributed by atoms with Crippen LogP contribution in [-0.4, -0.2) is 53.4 Å². The van der Waals surface area contributed by atoms with Crippen molar-refractivity contribution in [3.63, 3.8) is 0 Å². The highest BCUT2D eigenvalue weighted by Crippen LogP contribution is 2.28. The molecule has 0 atom stereocenters. The van der Waals surface area contributed by atoms with Crippen molar-refractivity contribution in [2.45, 2.75) is 13.5 Å². The number of anilines is 1. The lowest BCUT2D eigenvalue weighted by molar-refractivity contribution is 0.0597. The van der Waals surface area contributed by atoms with E-state index in [1.807, 2.05) is 6.92 Å². The van der Waals surface area contributed by atoms with E-state index in [-0.39, 0.29) is 11.8 Å². The number of rotatable bonds is 7. The number of imidazole rings is 1. The number of aromatic nitrogens is 4. The van der Waals surface area contributed by atoms with Crippen LogP contribution in [0.1, 0.15) is 22.8 Å². The smallest absolute Gasteiger partial charge is 0.341 e. The van der Waals surface area contributed by atoms with Gasteiger partial charge in [0.15, 0.2) is 17.0 Å². The van der Waals surface area contributed by atoms with Gasteiger partial charge in [-0.05, 0) is 24.6 Å². The Labute approximate surface area is 161 Å². The molecule has 28 heavy (non-hydrogen) atoms. The van der Waals surface area contributed by atoms with Crippen LogP contribution in [0, 0.1) is 0 Å². The molecule has 148 valence electrons. The van der Waals surface area contributed by atoms with Crippen LogP contribution in [0.5, 0.6) is 17.8 Å². The number of carbonyl (C=O) groups excluding carboxylic acids is 1. The quantitative estimate of drug-likeness (QED) is 0.603. The molecule has 0 aliphatic heterocycles. The van der Waals surface area contributed by atoms with Crippen LogP contribution in [0.4, 0.5) is 5.82 Å². The van der Waals surface area contributed by atoms with E-state index in [9.17, 15) is 4.79 Å². The van der Waals surface area contributed by atoms with Crippen LogP contribution in [0.15, 0.2) is 18.2 Å². The van der Waals surface area contributed by atoms with E-state index in [4.69, 9.17) is 24.7 Å². The highest BCUT2D eigenvalue weighted by Gasteiger charge is 2.19. The van der Waals surface area contributed by atoms with Crippen LogP contribution < -0.4 is 19.9 Å². The van der Waals surface area contributed by atoms with Gasteiger partial charge < -0.3 is 24.7 Å². The maximum Gasteiger partial charge on any atom is 0.341 e. The Balaban J connectivity index is 2.07. The molecule has 0 saturated carbocycles. The number of esters is 1. The zero-order chi connectivity index (χ0) is 20.3. The van der Waals surface area contributed by atoms with Gasteiger partial charge >= 0.3 is 12.0 Å². The van der Waals surface area contributed by atoms with Gasteiger partial charge in [0.05, 0.1) is 34.5 Å². The number of fused-ring (bicyclic) bond motifs is 1. The number of nitrogens with two attached hydrogens (primary N) is 1. The van der Waals surface area contributed by atoms with Gasteiger partial charge in [0.2, 0.25) is 0 Å². The first kappa shape index (κ1) is 19.2. The lowest BCUT2D eigenvalue weighted by atomic mass is 10.1. The maximum absolute atomic E-state index is 11.9. The van der Waals surface area contributed by atoms with Gasteiger partial charge in [-0.15, -0.1) is 0 Å². The van der Waals surface area contributed by atoms with E-state index < -0.39 is 5.97 Å². The van der Waals surface area contributed by atoms with Crippen LogP contribution in [-0.2, 0) is 11.3 Å². The average molecular weight is 387 g/mol. The molecule has 10 heteroatoms. The van der Waals surface area contributed by atoms with Crippen molar-refractivity contribution in [3.05, 3.63) is 29.3 Å². The first-order valence-electron chi connectivity index (χ1n) is 8.48. The largest absolute Gasteiger partial charge is 0.496 e. The zero-order valence-electron chi connectivity index (χ0n) is 16.1. The minimum atomic E-state index is -0.476. The molecule has 1 aromatic carbocycles. The van der Waals surface area contributed by atoms with Crippen molar-refractivity contribution in [1.29, 1.82) is 0 Å². The fraction of sp³-hybridized carbons (Fsp3) is 0.333. The third-order valence-electron chi connectivity index (χ3n) is 4.03. The second kappa shape index (κ2) is 7.99. The molecule has 2 aromatic heterocycles. The van der Waals surface area contributed by atoms with E-state index in [1.54, 1.807) is 22.8 Å². The summed E-state index contributed by atoms with van der Waals surface area (Å²) in [6, 6.07) is 5.65. The number of ether oxygens (including phenoxy) is 4. The van der Waals surface area contributed by atoms with E-state index in [0.717, 1.165) is 5.56 Å². The highest BCUT2D eigenvalue weighted by molar-refractivity contribution is 5.92. The summed E-state index contributed by atoms with van der Waals surface area (Å²) in [6.45, 7) is 2.58. The number of benzene rings is 1. The molecule has 3 rings (SSSR count). The van der Waals surface area contributed by atoms with Gasteiger partial charge in [-0.1, -0.05) is 6.07 Å². The number of methoxy groups -OCH3 is 3. The van der Waals surface area contributed by atoms with E-state index in [1.165, 1.54) is 21.3 Å². The summed E-state index contributed by atoms with van der Waals surface area (Å²) in [7, 11) is 4.31. The Kier molecular flexibility index (Phi) is 5.48. The van der Waals surface area contributed by atoms with Gasteiger partial charge in [0.25, 0.3) is 6.01 Å². The molecule has 0 spiro atoms.